The molecule has 2 aliphatic rings. The Hall–Kier alpha value is -1.60. The fraction of sp³-hybridized carbons (Fsp3) is 0.706. The lowest BCUT2D eigenvalue weighted by atomic mass is 10.00. The predicted octanol–water partition coefficient (Wildman–Crippen LogP) is 2.63. The molecule has 3 rings (SSSR count). The number of rotatable bonds is 3. The summed E-state index contributed by atoms with van der Waals surface area (Å²) in [6.07, 6.45) is 2.01. The summed E-state index contributed by atoms with van der Waals surface area (Å²) in [6.45, 7) is 9.16. The number of anilines is 1. The smallest absolute Gasteiger partial charge is 0.410 e. The van der Waals surface area contributed by atoms with Crippen molar-refractivity contribution in [3.05, 3.63) is 17.3 Å². The Kier molecular flexibility index (Phi) is 5.34. The fourth-order valence-corrected chi connectivity index (χ4v) is 3.32. The van der Waals surface area contributed by atoms with E-state index in [1.165, 1.54) is 0 Å². The first-order valence-electron chi connectivity index (χ1n) is 8.78. The Bertz CT molecular complexity index is 598. The summed E-state index contributed by atoms with van der Waals surface area (Å²) in [4.78, 5) is 16.3. The molecule has 0 aliphatic carbocycles. The van der Waals surface area contributed by atoms with Crippen molar-refractivity contribution >= 4 is 23.5 Å². The molecule has 0 radical (unpaired) electrons. The van der Waals surface area contributed by atoms with E-state index in [0.717, 1.165) is 44.8 Å². The van der Waals surface area contributed by atoms with Gasteiger partial charge in [0.25, 0.3) is 0 Å². The Labute approximate surface area is 153 Å². The second-order valence-corrected chi connectivity index (χ2v) is 8.15. The number of hydrogen-bond acceptors (Lipinski definition) is 6. The average molecular weight is 368 g/mol. The van der Waals surface area contributed by atoms with Gasteiger partial charge in [0.2, 0.25) is 0 Å². The lowest BCUT2D eigenvalue weighted by molar-refractivity contribution is -0.0194. The molecule has 7 nitrogen and oxygen atoms in total. The van der Waals surface area contributed by atoms with Crippen molar-refractivity contribution < 1.29 is 9.53 Å². The van der Waals surface area contributed by atoms with Gasteiger partial charge in [-0.3, -0.25) is 4.90 Å². The zero-order chi connectivity index (χ0) is 18.0. The van der Waals surface area contributed by atoms with Crippen LogP contribution in [0.1, 0.15) is 33.6 Å². The molecule has 1 amide bonds. The lowest BCUT2D eigenvalue weighted by Crippen LogP contribution is -2.63. The molecule has 8 heteroatoms. The minimum Gasteiger partial charge on any atom is -0.444 e. The van der Waals surface area contributed by atoms with Crippen LogP contribution in [0.4, 0.5) is 10.6 Å². The summed E-state index contributed by atoms with van der Waals surface area (Å²) in [5.41, 5.74) is -0.443. The molecule has 2 saturated heterocycles. The van der Waals surface area contributed by atoms with E-state index in [0.29, 0.717) is 17.2 Å². The van der Waals surface area contributed by atoms with Crippen molar-refractivity contribution in [3.63, 3.8) is 0 Å². The summed E-state index contributed by atoms with van der Waals surface area (Å²) in [6, 6.07) is 4.33. The van der Waals surface area contributed by atoms with Gasteiger partial charge >= 0.3 is 6.09 Å². The van der Waals surface area contributed by atoms with Gasteiger partial charge in [0.05, 0.1) is 0 Å². The fourth-order valence-electron chi connectivity index (χ4n) is 3.22. The van der Waals surface area contributed by atoms with Crippen LogP contribution in [0.25, 0.3) is 0 Å². The van der Waals surface area contributed by atoms with Gasteiger partial charge in [0, 0.05) is 31.7 Å². The number of hydrogen-bond donors (Lipinski definition) is 1. The Balaban J connectivity index is 1.46. The number of ether oxygens (including phenoxy) is 1. The topological polar surface area (TPSA) is 70.6 Å². The molecule has 1 N–H and O–H groups in total. The largest absolute Gasteiger partial charge is 0.444 e. The van der Waals surface area contributed by atoms with E-state index in [-0.39, 0.29) is 6.09 Å². The summed E-state index contributed by atoms with van der Waals surface area (Å²) in [7, 11) is 0. The number of piperidine rings is 1. The molecular formula is C17H26ClN5O2. The van der Waals surface area contributed by atoms with Crippen LogP contribution >= 0.6 is 11.6 Å². The lowest BCUT2D eigenvalue weighted by Gasteiger charge is -2.47. The maximum Gasteiger partial charge on any atom is 0.410 e. The monoisotopic (exact) mass is 367 g/mol. The van der Waals surface area contributed by atoms with Crippen LogP contribution in [-0.2, 0) is 4.74 Å². The van der Waals surface area contributed by atoms with E-state index in [1.807, 2.05) is 26.8 Å². The Morgan fingerprint density at radius 1 is 1.28 bits per heavy atom. The first-order valence-corrected chi connectivity index (χ1v) is 9.16. The number of aromatic nitrogens is 2. The number of amides is 1. The highest BCUT2D eigenvalue weighted by Gasteiger charge is 2.38. The zero-order valence-electron chi connectivity index (χ0n) is 15.0. The van der Waals surface area contributed by atoms with E-state index < -0.39 is 5.60 Å². The van der Waals surface area contributed by atoms with Crippen molar-refractivity contribution in [3.8, 4) is 0 Å². The van der Waals surface area contributed by atoms with Crippen LogP contribution < -0.4 is 5.32 Å². The van der Waals surface area contributed by atoms with E-state index in [9.17, 15) is 4.79 Å². The summed E-state index contributed by atoms with van der Waals surface area (Å²) in [5.74, 6) is 0.750. The quantitative estimate of drug-likeness (QED) is 0.885. The zero-order valence-corrected chi connectivity index (χ0v) is 15.8. The maximum absolute atomic E-state index is 12.0. The van der Waals surface area contributed by atoms with Crippen LogP contribution in [0, 0.1) is 0 Å². The first-order chi connectivity index (χ1) is 11.8. The first kappa shape index (κ1) is 18.2. The highest BCUT2D eigenvalue weighted by atomic mass is 35.5. The van der Waals surface area contributed by atoms with E-state index in [4.69, 9.17) is 16.3 Å². The van der Waals surface area contributed by atoms with E-state index in [1.54, 1.807) is 11.0 Å². The van der Waals surface area contributed by atoms with Gasteiger partial charge in [-0.2, -0.15) is 0 Å². The van der Waals surface area contributed by atoms with Gasteiger partial charge in [-0.05, 0) is 52.3 Å². The number of likely N-dealkylation sites (tertiary alicyclic amines) is 2. The van der Waals surface area contributed by atoms with Crippen molar-refractivity contribution in [1.82, 2.24) is 20.0 Å². The summed E-state index contributed by atoms with van der Waals surface area (Å²) >= 11 is 5.77. The van der Waals surface area contributed by atoms with E-state index >= 15 is 0 Å². The van der Waals surface area contributed by atoms with Crippen LogP contribution in [-0.4, -0.2) is 70.0 Å². The highest BCUT2D eigenvalue weighted by Crippen LogP contribution is 2.23. The number of nitrogens with one attached hydrogen (secondary N) is 1. The molecule has 1 aromatic heterocycles. The molecule has 0 unspecified atom stereocenters. The second-order valence-electron chi connectivity index (χ2n) is 7.76. The molecule has 2 fully saturated rings. The standard InChI is InChI=1S/C17H26ClN5O2/c1-17(2,3)25-16(24)23-10-13(11-23)22-8-4-5-12(9-22)19-15-7-6-14(18)20-21-15/h6-7,12-13H,4-5,8-11H2,1-3H3,(H,19,21)/t12-/m1/s1. The minimum atomic E-state index is -0.443. The van der Waals surface area contributed by atoms with Gasteiger partial charge in [0.15, 0.2) is 5.15 Å². The molecule has 3 heterocycles. The molecule has 0 bridgehead atoms. The van der Waals surface area contributed by atoms with Gasteiger partial charge in [-0.1, -0.05) is 11.6 Å². The normalized spacial score (nSPS) is 22.4. The molecule has 0 saturated carbocycles. The molecule has 1 aromatic rings. The van der Waals surface area contributed by atoms with Crippen LogP contribution in [0.5, 0.6) is 0 Å². The van der Waals surface area contributed by atoms with Gasteiger partial charge in [0.1, 0.15) is 11.4 Å². The van der Waals surface area contributed by atoms with Crippen LogP contribution in [0.3, 0.4) is 0 Å². The summed E-state index contributed by atoms with van der Waals surface area (Å²) < 4.78 is 5.42. The molecule has 138 valence electrons. The molecular weight excluding hydrogens is 342 g/mol. The minimum absolute atomic E-state index is 0.216. The van der Waals surface area contributed by atoms with Crippen LogP contribution in [0.2, 0.25) is 5.15 Å². The molecule has 0 aromatic carbocycles. The summed E-state index contributed by atoms with van der Waals surface area (Å²) in [5, 5.41) is 11.8. The predicted molar refractivity (Wildman–Crippen MR) is 96.9 cm³/mol. The maximum atomic E-state index is 12.0. The molecule has 1 atom stereocenters. The third-order valence-corrected chi connectivity index (χ3v) is 4.67. The number of carbonyl (C=O) groups is 1. The Morgan fingerprint density at radius 2 is 2.04 bits per heavy atom. The number of nitrogens with zero attached hydrogens (tertiary/aromatic N) is 4. The van der Waals surface area contributed by atoms with E-state index in [2.05, 4.69) is 20.4 Å². The third-order valence-electron chi connectivity index (χ3n) is 4.47. The molecule has 25 heavy (non-hydrogen) atoms. The highest BCUT2D eigenvalue weighted by molar-refractivity contribution is 6.29. The van der Waals surface area contributed by atoms with Crippen molar-refractivity contribution in [2.45, 2.75) is 51.3 Å². The second kappa shape index (κ2) is 7.33. The SMILES string of the molecule is CC(C)(C)OC(=O)N1CC(N2CCC[C@@H](Nc3ccc(Cl)nn3)C2)C1. The number of halogens is 1. The molecule has 0 spiro atoms. The van der Waals surface area contributed by atoms with Crippen molar-refractivity contribution in [2.75, 3.05) is 31.5 Å². The van der Waals surface area contributed by atoms with Gasteiger partial charge < -0.3 is 15.0 Å². The number of carbonyl (C=O) groups excluding carboxylic acids is 1. The van der Waals surface area contributed by atoms with Crippen molar-refractivity contribution in [1.29, 1.82) is 0 Å². The van der Waals surface area contributed by atoms with Crippen molar-refractivity contribution in [2.24, 2.45) is 0 Å². The van der Waals surface area contributed by atoms with Gasteiger partial charge in [-0.25, -0.2) is 4.79 Å². The third kappa shape index (κ3) is 4.95. The molecule has 2 aliphatic heterocycles. The van der Waals surface area contributed by atoms with Crippen LogP contribution in [0.15, 0.2) is 12.1 Å². The average Bonchev–Trinajstić information content (AvgIpc) is 2.47. The van der Waals surface area contributed by atoms with Gasteiger partial charge in [-0.15, -0.1) is 10.2 Å². The Morgan fingerprint density at radius 3 is 2.68 bits per heavy atom.